The van der Waals surface area contributed by atoms with Gasteiger partial charge in [0.05, 0.1) is 6.54 Å². The van der Waals surface area contributed by atoms with Gasteiger partial charge in [0.25, 0.3) is 5.91 Å². The maximum absolute atomic E-state index is 12.2. The van der Waals surface area contributed by atoms with Crippen molar-refractivity contribution in [3.05, 3.63) is 54.1 Å². The first-order valence-electron chi connectivity index (χ1n) is 8.75. The average molecular weight is 406 g/mol. The zero-order chi connectivity index (χ0) is 19.9. The summed E-state index contributed by atoms with van der Waals surface area (Å²) in [4.78, 5) is 14.3. The normalized spacial score (nSPS) is 12.9. The van der Waals surface area contributed by atoms with Crippen molar-refractivity contribution in [2.75, 3.05) is 23.3 Å². The molecule has 1 aliphatic rings. The maximum Gasteiger partial charge on any atom is 0.387 e. The lowest BCUT2D eigenvalue weighted by Gasteiger charge is -2.30. The Morgan fingerprint density at radius 1 is 1.14 bits per heavy atom. The van der Waals surface area contributed by atoms with E-state index in [2.05, 4.69) is 27.0 Å². The van der Waals surface area contributed by atoms with Crippen LogP contribution >= 0.6 is 12.2 Å². The molecule has 1 amide bonds. The Morgan fingerprint density at radius 2 is 1.89 bits per heavy atom. The standard InChI is InChI=1S/C19H20F2N4O2S/c20-18(21)27-15-9-7-14(8-10-15)22-19(28)24-23-17(26)12-25-11-3-5-13-4-1-2-6-16(13)25/h1-2,4,6-10,18H,3,5,11-12H2,(H,23,26)(H2,22,24,28). The van der Waals surface area contributed by atoms with E-state index in [1.807, 2.05) is 23.1 Å². The zero-order valence-corrected chi connectivity index (χ0v) is 15.8. The molecular formula is C19H20F2N4O2S. The van der Waals surface area contributed by atoms with E-state index < -0.39 is 6.61 Å². The highest BCUT2D eigenvalue weighted by Crippen LogP contribution is 2.26. The fraction of sp³-hybridized carbons (Fsp3) is 0.263. The van der Waals surface area contributed by atoms with Crippen molar-refractivity contribution in [3.8, 4) is 5.75 Å². The number of nitrogens with zero attached hydrogens (tertiary/aromatic N) is 1. The number of carbonyl (C=O) groups is 1. The number of ether oxygens (including phenoxy) is 1. The third-order valence-electron chi connectivity index (χ3n) is 4.19. The molecule has 1 aliphatic heterocycles. The molecular weight excluding hydrogens is 386 g/mol. The minimum Gasteiger partial charge on any atom is -0.435 e. The fourth-order valence-corrected chi connectivity index (χ4v) is 3.17. The molecule has 9 heteroatoms. The lowest BCUT2D eigenvalue weighted by Crippen LogP contribution is -2.48. The first-order valence-corrected chi connectivity index (χ1v) is 9.15. The Bertz CT molecular complexity index is 833. The van der Waals surface area contributed by atoms with Crippen LogP contribution < -0.4 is 25.8 Å². The molecule has 0 bridgehead atoms. The van der Waals surface area contributed by atoms with E-state index in [9.17, 15) is 13.6 Å². The van der Waals surface area contributed by atoms with Crippen molar-refractivity contribution < 1.29 is 18.3 Å². The Hall–Kier alpha value is -2.94. The summed E-state index contributed by atoms with van der Waals surface area (Å²) in [6.45, 7) is -1.84. The number of fused-ring (bicyclic) bond motifs is 1. The SMILES string of the molecule is O=C(CN1CCCc2ccccc21)NNC(=S)Nc1ccc(OC(F)F)cc1. The van der Waals surface area contributed by atoms with Gasteiger partial charge in [-0.15, -0.1) is 0 Å². The predicted octanol–water partition coefficient (Wildman–Crippen LogP) is 3.06. The van der Waals surface area contributed by atoms with Crippen molar-refractivity contribution in [3.63, 3.8) is 0 Å². The second-order valence-electron chi connectivity index (χ2n) is 6.18. The van der Waals surface area contributed by atoms with Gasteiger partial charge in [-0.2, -0.15) is 8.78 Å². The smallest absolute Gasteiger partial charge is 0.387 e. The number of hydrazine groups is 1. The summed E-state index contributed by atoms with van der Waals surface area (Å²) < 4.78 is 28.6. The summed E-state index contributed by atoms with van der Waals surface area (Å²) in [7, 11) is 0. The minimum absolute atomic E-state index is 0.0505. The molecule has 2 aromatic carbocycles. The minimum atomic E-state index is -2.87. The van der Waals surface area contributed by atoms with Gasteiger partial charge in [0.15, 0.2) is 5.11 Å². The van der Waals surface area contributed by atoms with Crippen LogP contribution in [-0.4, -0.2) is 30.7 Å². The number of benzene rings is 2. The summed E-state index contributed by atoms with van der Waals surface area (Å²) in [6, 6.07) is 13.9. The van der Waals surface area contributed by atoms with Crippen LogP contribution in [0, 0.1) is 0 Å². The number of para-hydroxylation sites is 1. The number of hydrogen-bond donors (Lipinski definition) is 3. The first-order chi connectivity index (χ1) is 13.5. The fourth-order valence-electron chi connectivity index (χ4n) is 3.00. The molecule has 28 heavy (non-hydrogen) atoms. The van der Waals surface area contributed by atoms with Crippen LogP contribution in [0.3, 0.4) is 0 Å². The lowest BCUT2D eigenvalue weighted by molar-refractivity contribution is -0.120. The summed E-state index contributed by atoms with van der Waals surface area (Å²) >= 11 is 5.12. The zero-order valence-electron chi connectivity index (χ0n) is 15.0. The van der Waals surface area contributed by atoms with Crippen LogP contribution in [0.1, 0.15) is 12.0 Å². The molecule has 1 heterocycles. The van der Waals surface area contributed by atoms with Gasteiger partial charge in [0, 0.05) is 17.9 Å². The molecule has 0 spiro atoms. The van der Waals surface area contributed by atoms with Crippen LogP contribution in [0.4, 0.5) is 20.2 Å². The number of hydrogen-bond acceptors (Lipinski definition) is 4. The highest BCUT2D eigenvalue weighted by Gasteiger charge is 2.18. The number of amides is 1. The largest absolute Gasteiger partial charge is 0.435 e. The van der Waals surface area contributed by atoms with Crippen molar-refractivity contribution in [1.82, 2.24) is 10.9 Å². The quantitative estimate of drug-likeness (QED) is 0.524. The van der Waals surface area contributed by atoms with Crippen LogP contribution in [0.25, 0.3) is 0 Å². The Morgan fingerprint density at radius 3 is 2.64 bits per heavy atom. The highest BCUT2D eigenvalue weighted by molar-refractivity contribution is 7.80. The summed E-state index contributed by atoms with van der Waals surface area (Å²) in [5.41, 5.74) is 8.08. The van der Waals surface area contributed by atoms with Gasteiger partial charge in [0.2, 0.25) is 0 Å². The third-order valence-corrected chi connectivity index (χ3v) is 4.40. The molecule has 148 valence electrons. The van der Waals surface area contributed by atoms with E-state index >= 15 is 0 Å². The van der Waals surface area contributed by atoms with Crippen LogP contribution in [0.5, 0.6) is 5.75 Å². The predicted molar refractivity (Wildman–Crippen MR) is 108 cm³/mol. The maximum atomic E-state index is 12.2. The topological polar surface area (TPSA) is 65.6 Å². The van der Waals surface area contributed by atoms with E-state index in [-0.39, 0.29) is 23.3 Å². The first kappa shape index (κ1) is 19.8. The Balaban J connectivity index is 1.45. The van der Waals surface area contributed by atoms with Crippen LogP contribution in [0.2, 0.25) is 0 Å². The van der Waals surface area contributed by atoms with Crippen LogP contribution in [-0.2, 0) is 11.2 Å². The van der Waals surface area contributed by atoms with E-state index in [0.29, 0.717) is 5.69 Å². The summed E-state index contributed by atoms with van der Waals surface area (Å²) in [6.07, 6.45) is 2.02. The molecule has 3 N–H and O–H groups in total. The Kier molecular flexibility index (Phi) is 6.59. The monoisotopic (exact) mass is 406 g/mol. The second kappa shape index (κ2) is 9.32. The van der Waals surface area contributed by atoms with Crippen molar-refractivity contribution >= 4 is 34.6 Å². The average Bonchev–Trinajstić information content (AvgIpc) is 2.68. The van der Waals surface area contributed by atoms with Gasteiger partial charge >= 0.3 is 6.61 Å². The molecule has 0 atom stereocenters. The van der Waals surface area contributed by atoms with E-state index in [4.69, 9.17) is 12.2 Å². The molecule has 6 nitrogen and oxygen atoms in total. The van der Waals surface area contributed by atoms with Gasteiger partial charge in [0.1, 0.15) is 5.75 Å². The number of thiocarbonyl (C=S) groups is 1. The van der Waals surface area contributed by atoms with E-state index in [0.717, 1.165) is 25.1 Å². The number of aryl methyl sites for hydroxylation is 1. The van der Waals surface area contributed by atoms with Crippen molar-refractivity contribution in [2.24, 2.45) is 0 Å². The number of alkyl halides is 2. The van der Waals surface area contributed by atoms with E-state index in [1.54, 1.807) is 0 Å². The third kappa shape index (κ3) is 5.53. The highest BCUT2D eigenvalue weighted by atomic mass is 32.1. The van der Waals surface area contributed by atoms with Crippen molar-refractivity contribution in [1.29, 1.82) is 0 Å². The van der Waals surface area contributed by atoms with Gasteiger partial charge in [-0.3, -0.25) is 15.6 Å². The molecule has 2 aromatic rings. The van der Waals surface area contributed by atoms with E-state index in [1.165, 1.54) is 29.8 Å². The molecule has 0 saturated heterocycles. The van der Waals surface area contributed by atoms with Crippen LogP contribution in [0.15, 0.2) is 48.5 Å². The second-order valence-corrected chi connectivity index (χ2v) is 6.59. The summed E-state index contributed by atoms with van der Waals surface area (Å²) in [5.74, 6) is -0.170. The van der Waals surface area contributed by atoms with Gasteiger partial charge < -0.3 is 15.0 Å². The molecule has 0 unspecified atom stereocenters. The number of anilines is 2. The van der Waals surface area contributed by atoms with Gasteiger partial charge in [-0.05, 0) is 61.0 Å². The Labute approximate surface area is 166 Å². The van der Waals surface area contributed by atoms with Crippen molar-refractivity contribution in [2.45, 2.75) is 19.5 Å². The molecule has 0 fully saturated rings. The van der Waals surface area contributed by atoms with Gasteiger partial charge in [-0.1, -0.05) is 18.2 Å². The number of nitrogens with one attached hydrogen (secondary N) is 3. The summed E-state index contributed by atoms with van der Waals surface area (Å²) in [5, 5.41) is 3.02. The van der Waals surface area contributed by atoms with Gasteiger partial charge in [-0.25, -0.2) is 0 Å². The molecule has 0 radical (unpaired) electrons. The number of halogens is 2. The lowest BCUT2D eigenvalue weighted by atomic mass is 10.0. The number of rotatable bonds is 5. The number of carbonyl (C=O) groups excluding carboxylic acids is 1. The molecule has 0 aliphatic carbocycles. The molecule has 0 aromatic heterocycles. The molecule has 0 saturated carbocycles. The molecule has 3 rings (SSSR count).